The van der Waals surface area contributed by atoms with E-state index in [2.05, 4.69) is 20.3 Å². The molecule has 12 heteroatoms. The molecule has 2 aromatic heterocycles. The molecule has 2 unspecified atom stereocenters. The molecule has 2 atom stereocenters. The van der Waals surface area contributed by atoms with Crippen LogP contribution in [0.1, 0.15) is 60.4 Å². The number of aryl methyl sites for hydroxylation is 1. The molecule has 0 radical (unpaired) electrons. The van der Waals surface area contributed by atoms with Crippen LogP contribution in [0.3, 0.4) is 0 Å². The standard InChI is InChI=1S/C23H23F4N5O3.C3H6/c1-11-9-32(10-12(2)35-11)22(34)15-5-18(24)20(29-8-15)28-7-14-4-16-19(6-17(14)23(25,26)27)30-13(3)31-21(16)33;1-2-3-1/h4-6,8,11-12H,7,9-10H2,1-3H3,(H,28,29)(H,30,31,33);1-3H2. The Balaban J connectivity index is 0.00000105. The minimum atomic E-state index is -4.72. The largest absolute Gasteiger partial charge is 0.416 e. The highest BCUT2D eigenvalue weighted by Crippen LogP contribution is 2.34. The smallest absolute Gasteiger partial charge is 0.372 e. The van der Waals surface area contributed by atoms with Gasteiger partial charge in [-0.1, -0.05) is 19.3 Å². The summed E-state index contributed by atoms with van der Waals surface area (Å²) in [7, 11) is 0. The molecule has 5 rings (SSSR count). The first-order chi connectivity index (χ1) is 17.9. The number of hydrogen-bond acceptors (Lipinski definition) is 6. The zero-order chi connectivity index (χ0) is 27.6. The van der Waals surface area contributed by atoms with Crippen molar-refractivity contribution in [2.24, 2.45) is 0 Å². The Hall–Kier alpha value is -3.54. The molecule has 1 saturated carbocycles. The van der Waals surface area contributed by atoms with Crippen LogP contribution in [-0.4, -0.2) is 51.1 Å². The Morgan fingerprint density at radius 3 is 2.39 bits per heavy atom. The van der Waals surface area contributed by atoms with Crippen LogP contribution >= 0.6 is 0 Å². The first-order valence-electron chi connectivity index (χ1n) is 12.4. The number of carbonyl (C=O) groups is 1. The predicted octanol–water partition coefficient (Wildman–Crippen LogP) is 4.82. The molecule has 38 heavy (non-hydrogen) atoms. The van der Waals surface area contributed by atoms with E-state index in [0.717, 1.165) is 18.2 Å². The van der Waals surface area contributed by atoms with E-state index in [9.17, 15) is 27.2 Å². The predicted molar refractivity (Wildman–Crippen MR) is 133 cm³/mol. The summed E-state index contributed by atoms with van der Waals surface area (Å²) in [5.41, 5.74) is -1.94. The van der Waals surface area contributed by atoms with Crippen LogP contribution in [0.4, 0.5) is 23.4 Å². The SMILES string of the molecule is C1CC1.Cc1nc2cc(C(F)(F)F)c(CNc3ncc(C(=O)N4CC(C)OC(C)C4)cc3F)cc2c(=O)[nH]1. The minimum Gasteiger partial charge on any atom is -0.372 e. The second-order valence-electron chi connectivity index (χ2n) is 9.61. The summed E-state index contributed by atoms with van der Waals surface area (Å²) in [6.45, 7) is 5.35. The number of nitrogens with one attached hydrogen (secondary N) is 2. The number of anilines is 1. The lowest BCUT2D eigenvalue weighted by molar-refractivity contribution is -0.138. The maximum Gasteiger partial charge on any atom is 0.416 e. The molecular weight excluding hydrogens is 506 g/mol. The number of fused-ring (bicyclic) bond motifs is 1. The number of nitrogens with zero attached hydrogens (tertiary/aromatic N) is 3. The third-order valence-corrected chi connectivity index (χ3v) is 5.95. The molecule has 2 aliphatic rings. The molecule has 0 bridgehead atoms. The van der Waals surface area contributed by atoms with Crippen molar-refractivity contribution in [3.63, 3.8) is 0 Å². The summed E-state index contributed by atoms with van der Waals surface area (Å²) in [5.74, 6) is -1.45. The van der Waals surface area contributed by atoms with Crippen LogP contribution in [0, 0.1) is 12.7 Å². The van der Waals surface area contributed by atoms with Gasteiger partial charge in [0.2, 0.25) is 0 Å². The van der Waals surface area contributed by atoms with Gasteiger partial charge in [0.15, 0.2) is 11.6 Å². The molecule has 2 N–H and O–H groups in total. The molecule has 0 spiro atoms. The average molecular weight is 536 g/mol. The van der Waals surface area contributed by atoms with Crippen LogP contribution < -0.4 is 10.9 Å². The minimum absolute atomic E-state index is 0.0176. The van der Waals surface area contributed by atoms with Crippen molar-refractivity contribution in [2.75, 3.05) is 18.4 Å². The second kappa shape index (κ2) is 11.1. The summed E-state index contributed by atoms with van der Waals surface area (Å²) in [6.07, 6.45) is 0.606. The molecule has 1 aliphatic heterocycles. The summed E-state index contributed by atoms with van der Waals surface area (Å²) < 4.78 is 61.3. The van der Waals surface area contributed by atoms with Gasteiger partial charge < -0.3 is 19.9 Å². The van der Waals surface area contributed by atoms with Crippen molar-refractivity contribution in [1.29, 1.82) is 0 Å². The molecule has 3 heterocycles. The van der Waals surface area contributed by atoms with Gasteiger partial charge in [-0.3, -0.25) is 9.59 Å². The summed E-state index contributed by atoms with van der Waals surface area (Å²) >= 11 is 0. The van der Waals surface area contributed by atoms with E-state index >= 15 is 0 Å². The van der Waals surface area contributed by atoms with Crippen molar-refractivity contribution >= 4 is 22.6 Å². The van der Waals surface area contributed by atoms with Crippen molar-refractivity contribution in [3.05, 3.63) is 63.1 Å². The zero-order valence-corrected chi connectivity index (χ0v) is 21.3. The number of hydrogen-bond donors (Lipinski definition) is 2. The van der Waals surface area contributed by atoms with E-state index < -0.39 is 35.6 Å². The number of ether oxygens (including phenoxy) is 1. The number of halogens is 4. The highest BCUT2D eigenvalue weighted by Gasteiger charge is 2.34. The van der Waals surface area contributed by atoms with Crippen LogP contribution in [0.5, 0.6) is 0 Å². The second-order valence-corrected chi connectivity index (χ2v) is 9.61. The first kappa shape index (κ1) is 27.5. The summed E-state index contributed by atoms with van der Waals surface area (Å²) in [5, 5.41) is 2.51. The number of alkyl halides is 3. The fourth-order valence-corrected chi connectivity index (χ4v) is 4.15. The Bertz CT molecular complexity index is 1380. The van der Waals surface area contributed by atoms with E-state index in [1.165, 1.54) is 32.4 Å². The summed E-state index contributed by atoms with van der Waals surface area (Å²) in [4.78, 5) is 36.8. The monoisotopic (exact) mass is 535 g/mol. The topological polar surface area (TPSA) is 100 Å². The van der Waals surface area contributed by atoms with E-state index in [1.807, 2.05) is 13.8 Å². The Morgan fingerprint density at radius 2 is 1.82 bits per heavy atom. The highest BCUT2D eigenvalue weighted by molar-refractivity contribution is 5.94. The molecule has 1 amide bonds. The number of carbonyl (C=O) groups excluding carboxylic acids is 1. The van der Waals surface area contributed by atoms with Crippen molar-refractivity contribution in [3.8, 4) is 0 Å². The maximum absolute atomic E-state index is 14.7. The molecule has 3 aromatic rings. The van der Waals surface area contributed by atoms with Gasteiger partial charge in [0, 0.05) is 25.8 Å². The molecule has 204 valence electrons. The zero-order valence-electron chi connectivity index (χ0n) is 21.3. The van der Waals surface area contributed by atoms with Crippen molar-refractivity contribution < 1.29 is 27.1 Å². The Kier molecular flexibility index (Phi) is 8.00. The van der Waals surface area contributed by atoms with Gasteiger partial charge in [-0.05, 0) is 44.5 Å². The molecule has 1 saturated heterocycles. The molecule has 8 nitrogen and oxygen atoms in total. The van der Waals surface area contributed by atoms with Gasteiger partial charge in [0.05, 0.1) is 34.2 Å². The summed E-state index contributed by atoms with van der Waals surface area (Å²) in [6, 6.07) is 2.86. The van der Waals surface area contributed by atoms with Gasteiger partial charge in [-0.2, -0.15) is 13.2 Å². The third-order valence-electron chi connectivity index (χ3n) is 5.95. The first-order valence-corrected chi connectivity index (χ1v) is 12.4. The van der Waals surface area contributed by atoms with Crippen molar-refractivity contribution in [2.45, 2.75) is 65.0 Å². The fraction of sp³-hybridized carbons (Fsp3) is 0.462. The number of H-pyrrole nitrogens is 1. The Labute approximate surface area is 216 Å². The van der Waals surface area contributed by atoms with E-state index in [0.29, 0.717) is 13.1 Å². The van der Waals surface area contributed by atoms with Crippen LogP contribution in [0.2, 0.25) is 0 Å². The number of amides is 1. The van der Waals surface area contributed by atoms with Gasteiger partial charge in [0.25, 0.3) is 11.5 Å². The fourth-order valence-electron chi connectivity index (χ4n) is 4.15. The normalized spacial score (nSPS) is 19.1. The average Bonchev–Trinajstić information content (AvgIpc) is 3.71. The lowest BCUT2D eigenvalue weighted by Crippen LogP contribution is -2.48. The molecule has 1 aliphatic carbocycles. The van der Waals surface area contributed by atoms with Crippen LogP contribution in [0.25, 0.3) is 10.9 Å². The number of aromatic nitrogens is 3. The molecular formula is C26H29F4N5O3. The quantitative estimate of drug-likeness (QED) is 0.465. The van der Waals surface area contributed by atoms with E-state index in [-0.39, 0.29) is 45.9 Å². The lowest BCUT2D eigenvalue weighted by atomic mass is 10.0. The van der Waals surface area contributed by atoms with Crippen LogP contribution in [0.15, 0.2) is 29.2 Å². The Morgan fingerprint density at radius 1 is 1.16 bits per heavy atom. The maximum atomic E-state index is 14.7. The van der Waals surface area contributed by atoms with Crippen molar-refractivity contribution in [1.82, 2.24) is 19.9 Å². The number of rotatable bonds is 4. The molecule has 1 aromatic carbocycles. The van der Waals surface area contributed by atoms with Gasteiger partial charge in [-0.25, -0.2) is 14.4 Å². The highest BCUT2D eigenvalue weighted by atomic mass is 19.4. The van der Waals surface area contributed by atoms with Gasteiger partial charge >= 0.3 is 6.18 Å². The number of morpholine rings is 1. The number of pyridine rings is 1. The van der Waals surface area contributed by atoms with Gasteiger partial charge in [-0.15, -0.1) is 0 Å². The lowest BCUT2D eigenvalue weighted by Gasteiger charge is -2.35. The number of aromatic amines is 1. The van der Waals surface area contributed by atoms with E-state index in [1.54, 1.807) is 4.90 Å². The number of benzene rings is 1. The van der Waals surface area contributed by atoms with Crippen LogP contribution in [-0.2, 0) is 17.5 Å². The van der Waals surface area contributed by atoms with E-state index in [4.69, 9.17) is 4.74 Å². The van der Waals surface area contributed by atoms with Gasteiger partial charge in [0.1, 0.15) is 5.82 Å². The molecule has 2 fully saturated rings. The third kappa shape index (κ3) is 6.66.